The van der Waals surface area contributed by atoms with E-state index in [0.29, 0.717) is 23.7 Å². The van der Waals surface area contributed by atoms with Crippen LogP contribution in [0.1, 0.15) is 31.9 Å². The normalized spacial score (nSPS) is 10.5. The Morgan fingerprint density at radius 2 is 1.88 bits per heavy atom. The van der Waals surface area contributed by atoms with Gasteiger partial charge < -0.3 is 14.6 Å². The van der Waals surface area contributed by atoms with Crippen LogP contribution < -0.4 is 9.47 Å². The summed E-state index contributed by atoms with van der Waals surface area (Å²) in [7, 11) is 0. The minimum absolute atomic E-state index is 0.384. The summed E-state index contributed by atoms with van der Waals surface area (Å²) >= 11 is 0. The highest BCUT2D eigenvalue weighted by atomic mass is 16.5. The minimum atomic E-state index is -1.13. The standard InChI is InChI=1S/C20H20O4/c1-15(21)24-18-9-10-19(17(13-18)11-12-20(2,3)22)23-14-16-7-5-4-6-8-16/h4-10,13,22H,14H2,1-3H3. The monoisotopic (exact) mass is 324 g/mol. The number of aliphatic hydroxyl groups is 1. The van der Waals surface area contributed by atoms with Gasteiger partial charge in [0, 0.05) is 13.0 Å². The van der Waals surface area contributed by atoms with Crippen molar-refractivity contribution in [3.05, 3.63) is 59.7 Å². The van der Waals surface area contributed by atoms with Crippen LogP contribution in [0.3, 0.4) is 0 Å². The predicted octanol–water partition coefficient (Wildman–Crippen LogP) is 3.31. The average molecular weight is 324 g/mol. The molecule has 0 atom stereocenters. The highest BCUT2D eigenvalue weighted by molar-refractivity contribution is 5.69. The molecule has 0 amide bonds. The van der Waals surface area contributed by atoms with Crippen LogP contribution in [0.25, 0.3) is 0 Å². The second-order valence-electron chi connectivity index (χ2n) is 5.83. The first-order chi connectivity index (χ1) is 11.3. The molecule has 24 heavy (non-hydrogen) atoms. The van der Waals surface area contributed by atoms with E-state index in [9.17, 15) is 9.90 Å². The van der Waals surface area contributed by atoms with Gasteiger partial charge in [-0.05, 0) is 31.5 Å². The van der Waals surface area contributed by atoms with Crippen LogP contribution >= 0.6 is 0 Å². The number of carbonyl (C=O) groups is 1. The van der Waals surface area contributed by atoms with Crippen LogP contribution in [0, 0.1) is 11.8 Å². The zero-order chi connectivity index (χ0) is 17.6. The van der Waals surface area contributed by atoms with Gasteiger partial charge in [-0.3, -0.25) is 4.79 Å². The van der Waals surface area contributed by atoms with Crippen molar-refractivity contribution in [3.8, 4) is 23.3 Å². The lowest BCUT2D eigenvalue weighted by atomic mass is 10.1. The van der Waals surface area contributed by atoms with Gasteiger partial charge in [-0.1, -0.05) is 42.2 Å². The van der Waals surface area contributed by atoms with Crippen molar-refractivity contribution in [2.45, 2.75) is 33.0 Å². The van der Waals surface area contributed by atoms with E-state index in [1.54, 1.807) is 32.0 Å². The summed E-state index contributed by atoms with van der Waals surface area (Å²) in [6.07, 6.45) is 0. The van der Waals surface area contributed by atoms with E-state index in [-0.39, 0.29) is 0 Å². The summed E-state index contributed by atoms with van der Waals surface area (Å²) in [5, 5.41) is 9.79. The maximum atomic E-state index is 11.1. The summed E-state index contributed by atoms with van der Waals surface area (Å²) in [5.74, 6) is 6.17. The van der Waals surface area contributed by atoms with E-state index in [1.807, 2.05) is 30.3 Å². The molecule has 4 nitrogen and oxygen atoms in total. The zero-order valence-electron chi connectivity index (χ0n) is 14.0. The zero-order valence-corrected chi connectivity index (χ0v) is 14.0. The molecule has 0 spiro atoms. The van der Waals surface area contributed by atoms with Gasteiger partial charge in [0.25, 0.3) is 0 Å². The third kappa shape index (κ3) is 5.79. The van der Waals surface area contributed by atoms with Crippen molar-refractivity contribution >= 4 is 5.97 Å². The van der Waals surface area contributed by atoms with Crippen molar-refractivity contribution in [3.63, 3.8) is 0 Å². The smallest absolute Gasteiger partial charge is 0.308 e. The van der Waals surface area contributed by atoms with Crippen LogP contribution in [0.15, 0.2) is 48.5 Å². The Labute approximate surface area is 142 Å². The summed E-state index contributed by atoms with van der Waals surface area (Å²) < 4.78 is 10.9. The van der Waals surface area contributed by atoms with Crippen LogP contribution in [0.5, 0.6) is 11.5 Å². The highest BCUT2D eigenvalue weighted by Crippen LogP contribution is 2.25. The van der Waals surface area contributed by atoms with Gasteiger partial charge in [0.05, 0.1) is 5.56 Å². The quantitative estimate of drug-likeness (QED) is 0.532. The molecule has 0 fully saturated rings. The fourth-order valence-electron chi connectivity index (χ4n) is 1.92. The van der Waals surface area contributed by atoms with Gasteiger partial charge in [-0.2, -0.15) is 0 Å². The van der Waals surface area contributed by atoms with E-state index in [0.717, 1.165) is 5.56 Å². The molecular formula is C20H20O4. The first-order valence-electron chi connectivity index (χ1n) is 7.58. The number of ether oxygens (including phenoxy) is 2. The van der Waals surface area contributed by atoms with E-state index in [2.05, 4.69) is 11.8 Å². The van der Waals surface area contributed by atoms with Gasteiger partial charge in [-0.15, -0.1) is 0 Å². The maximum absolute atomic E-state index is 11.1. The SMILES string of the molecule is CC(=O)Oc1ccc(OCc2ccccc2)c(C#CC(C)(C)O)c1. The summed E-state index contributed by atoms with van der Waals surface area (Å²) in [6.45, 7) is 4.92. The van der Waals surface area contributed by atoms with Crippen molar-refractivity contribution in [2.24, 2.45) is 0 Å². The van der Waals surface area contributed by atoms with Crippen LogP contribution in [0.4, 0.5) is 0 Å². The van der Waals surface area contributed by atoms with Gasteiger partial charge in [0.1, 0.15) is 23.7 Å². The fraction of sp³-hybridized carbons (Fsp3) is 0.250. The molecule has 0 unspecified atom stereocenters. The van der Waals surface area contributed by atoms with Crippen molar-refractivity contribution < 1.29 is 19.4 Å². The van der Waals surface area contributed by atoms with Crippen LogP contribution in [-0.2, 0) is 11.4 Å². The van der Waals surface area contributed by atoms with Gasteiger partial charge in [0.15, 0.2) is 0 Å². The number of benzene rings is 2. The van der Waals surface area contributed by atoms with Crippen molar-refractivity contribution in [1.82, 2.24) is 0 Å². The summed E-state index contributed by atoms with van der Waals surface area (Å²) in [5.41, 5.74) is 0.448. The molecule has 2 aromatic rings. The molecule has 2 rings (SSSR count). The lowest BCUT2D eigenvalue weighted by Gasteiger charge is -2.11. The van der Waals surface area contributed by atoms with E-state index in [4.69, 9.17) is 9.47 Å². The number of hydrogen-bond donors (Lipinski definition) is 1. The highest BCUT2D eigenvalue weighted by Gasteiger charge is 2.09. The maximum Gasteiger partial charge on any atom is 0.308 e. The molecule has 0 aliphatic rings. The van der Waals surface area contributed by atoms with E-state index < -0.39 is 11.6 Å². The second-order valence-corrected chi connectivity index (χ2v) is 5.83. The lowest BCUT2D eigenvalue weighted by molar-refractivity contribution is -0.131. The molecule has 0 aromatic heterocycles. The Kier molecular flexibility index (Phi) is 5.62. The van der Waals surface area contributed by atoms with Crippen molar-refractivity contribution in [2.75, 3.05) is 0 Å². The Bertz CT molecular complexity index is 762. The Balaban J connectivity index is 2.27. The molecule has 0 bridgehead atoms. The molecule has 0 saturated heterocycles. The number of hydrogen-bond acceptors (Lipinski definition) is 4. The Morgan fingerprint density at radius 3 is 2.50 bits per heavy atom. The third-order valence-corrected chi connectivity index (χ3v) is 2.95. The molecule has 0 aliphatic heterocycles. The molecule has 0 radical (unpaired) electrons. The lowest BCUT2D eigenvalue weighted by Crippen LogP contribution is -2.14. The number of esters is 1. The number of rotatable bonds is 4. The molecule has 0 heterocycles. The third-order valence-electron chi connectivity index (χ3n) is 2.95. The first-order valence-corrected chi connectivity index (χ1v) is 7.58. The summed E-state index contributed by atoms with van der Waals surface area (Å²) in [4.78, 5) is 11.1. The van der Waals surface area contributed by atoms with Crippen molar-refractivity contribution in [1.29, 1.82) is 0 Å². The molecule has 4 heteroatoms. The second kappa shape index (κ2) is 7.67. The average Bonchev–Trinajstić information content (AvgIpc) is 2.51. The van der Waals surface area contributed by atoms with Gasteiger partial charge >= 0.3 is 5.97 Å². The Morgan fingerprint density at radius 1 is 1.17 bits per heavy atom. The van der Waals surface area contributed by atoms with Crippen LogP contribution in [0.2, 0.25) is 0 Å². The first kappa shape index (κ1) is 17.6. The molecule has 0 saturated carbocycles. The van der Waals surface area contributed by atoms with Gasteiger partial charge in [0.2, 0.25) is 0 Å². The Hall–Kier alpha value is -2.77. The molecule has 1 N–H and O–H groups in total. The molecule has 0 aliphatic carbocycles. The van der Waals surface area contributed by atoms with Crippen LogP contribution in [-0.4, -0.2) is 16.7 Å². The van der Waals surface area contributed by atoms with E-state index >= 15 is 0 Å². The van der Waals surface area contributed by atoms with E-state index in [1.165, 1.54) is 6.92 Å². The predicted molar refractivity (Wildman–Crippen MR) is 91.7 cm³/mol. The molecule has 2 aromatic carbocycles. The largest absolute Gasteiger partial charge is 0.488 e. The minimum Gasteiger partial charge on any atom is -0.488 e. The topological polar surface area (TPSA) is 55.8 Å². The fourth-order valence-corrected chi connectivity index (χ4v) is 1.92. The van der Waals surface area contributed by atoms with Gasteiger partial charge in [-0.25, -0.2) is 0 Å². The molecular weight excluding hydrogens is 304 g/mol. The molecule has 124 valence electrons. The summed E-state index contributed by atoms with van der Waals surface area (Å²) in [6, 6.07) is 14.7. The number of carbonyl (C=O) groups excluding carboxylic acids is 1.